The minimum absolute atomic E-state index is 0.493. The molecule has 2 spiro atoms. The summed E-state index contributed by atoms with van der Waals surface area (Å²) in [5.41, 5.74) is 26.7. The van der Waals surface area contributed by atoms with E-state index in [2.05, 4.69) is 276 Å². The van der Waals surface area contributed by atoms with E-state index in [1.54, 1.807) is 0 Å². The van der Waals surface area contributed by atoms with Gasteiger partial charge in [-0.15, -0.1) is 0 Å². The molecule has 0 N–H and O–H groups in total. The maximum Gasteiger partial charge on any atom is 0.0755 e. The highest BCUT2D eigenvalue weighted by atomic mass is 15.1. The topological polar surface area (TPSA) is 8.17 Å². The van der Waals surface area contributed by atoms with Crippen molar-refractivity contribution in [2.45, 2.75) is 10.8 Å². The lowest BCUT2D eigenvalue weighted by Crippen LogP contribution is -2.33. The van der Waals surface area contributed by atoms with Crippen molar-refractivity contribution in [2.24, 2.45) is 0 Å². The number of para-hydroxylation sites is 2. The van der Waals surface area contributed by atoms with Gasteiger partial charge in [-0.25, -0.2) is 0 Å². The molecule has 74 heavy (non-hydrogen) atoms. The van der Waals surface area contributed by atoms with E-state index in [1.807, 2.05) is 0 Å². The molecule has 1 aromatic heterocycles. The molecule has 0 amide bonds. The lowest BCUT2D eigenvalue weighted by atomic mass is 9.65. The zero-order valence-electron chi connectivity index (χ0n) is 40.3. The fraction of sp³-hybridized carbons (Fsp3) is 0.0278. The van der Waals surface area contributed by atoms with Crippen LogP contribution < -0.4 is 4.90 Å². The van der Waals surface area contributed by atoms with Gasteiger partial charge in [0.15, 0.2) is 0 Å². The summed E-state index contributed by atoms with van der Waals surface area (Å²) in [6.07, 6.45) is 0. The predicted molar refractivity (Wildman–Crippen MR) is 306 cm³/mol. The molecular formula is C72H44N2. The van der Waals surface area contributed by atoms with E-state index in [9.17, 15) is 0 Å². The number of benzene rings is 12. The van der Waals surface area contributed by atoms with E-state index in [-0.39, 0.29) is 0 Å². The number of hydrogen-bond donors (Lipinski definition) is 0. The van der Waals surface area contributed by atoms with Gasteiger partial charge in [-0.2, -0.15) is 0 Å². The summed E-state index contributed by atoms with van der Waals surface area (Å²) in [5, 5.41) is 4.97. The zero-order chi connectivity index (χ0) is 48.3. The first kappa shape index (κ1) is 40.1. The average molecular weight is 937 g/mol. The fourth-order valence-electron chi connectivity index (χ4n) is 14.7. The van der Waals surface area contributed by atoms with Crippen molar-refractivity contribution < 1.29 is 0 Å². The monoisotopic (exact) mass is 936 g/mol. The minimum atomic E-state index is -0.598. The molecule has 0 unspecified atom stereocenters. The largest absolute Gasteiger partial charge is 0.310 e. The van der Waals surface area contributed by atoms with Crippen LogP contribution in [-0.2, 0) is 10.8 Å². The van der Waals surface area contributed by atoms with Crippen molar-refractivity contribution in [3.8, 4) is 50.2 Å². The van der Waals surface area contributed by atoms with Crippen molar-refractivity contribution >= 4 is 49.6 Å². The van der Waals surface area contributed by atoms with Gasteiger partial charge in [-0.3, -0.25) is 0 Å². The second-order valence-corrected chi connectivity index (χ2v) is 20.6. The van der Waals surface area contributed by atoms with Crippen molar-refractivity contribution in [1.29, 1.82) is 0 Å². The third-order valence-electron chi connectivity index (χ3n) is 17.4. The summed E-state index contributed by atoms with van der Waals surface area (Å²) in [5.74, 6) is 0. The molecule has 2 heterocycles. The molecule has 0 saturated carbocycles. The van der Waals surface area contributed by atoms with Gasteiger partial charge >= 0.3 is 0 Å². The lowest BCUT2D eigenvalue weighted by molar-refractivity contribution is 0.748. The maximum atomic E-state index is 2.59. The van der Waals surface area contributed by atoms with E-state index in [4.69, 9.17) is 0 Å². The van der Waals surface area contributed by atoms with E-state index in [1.165, 1.54) is 127 Å². The van der Waals surface area contributed by atoms with E-state index < -0.39 is 10.8 Å². The summed E-state index contributed by atoms with van der Waals surface area (Å²) in [6, 6.07) is 101. The highest BCUT2D eigenvalue weighted by Crippen LogP contribution is 2.66. The van der Waals surface area contributed by atoms with Gasteiger partial charge in [0.2, 0.25) is 0 Å². The number of nitrogens with zero attached hydrogens (tertiary/aromatic N) is 2. The highest BCUT2D eigenvalue weighted by Gasteiger charge is 2.54. The van der Waals surface area contributed by atoms with Crippen LogP contribution in [0, 0.1) is 0 Å². The van der Waals surface area contributed by atoms with Gasteiger partial charge < -0.3 is 9.47 Å². The summed E-state index contributed by atoms with van der Waals surface area (Å²) in [4.78, 5) is 2.59. The molecule has 342 valence electrons. The molecule has 0 bridgehead atoms. The van der Waals surface area contributed by atoms with Crippen LogP contribution in [0.2, 0.25) is 0 Å². The Morgan fingerprint density at radius 2 is 0.770 bits per heavy atom. The molecular weight excluding hydrogens is 893 g/mol. The summed E-state index contributed by atoms with van der Waals surface area (Å²) >= 11 is 0. The molecule has 2 nitrogen and oxygen atoms in total. The first-order chi connectivity index (χ1) is 36.7. The minimum Gasteiger partial charge on any atom is -0.310 e. The Bertz CT molecular complexity index is 4470. The lowest BCUT2D eigenvalue weighted by Gasteiger charge is -2.40. The Morgan fingerprint density at radius 1 is 0.297 bits per heavy atom. The highest BCUT2D eigenvalue weighted by molar-refractivity contribution is 6.15. The summed E-state index contributed by atoms with van der Waals surface area (Å²) in [7, 11) is 0. The van der Waals surface area contributed by atoms with Gasteiger partial charge in [0, 0.05) is 27.7 Å². The zero-order valence-corrected chi connectivity index (χ0v) is 40.3. The van der Waals surface area contributed by atoms with Crippen LogP contribution in [0.15, 0.2) is 267 Å². The van der Waals surface area contributed by atoms with Crippen molar-refractivity contribution in [3.63, 3.8) is 0 Å². The quantitative estimate of drug-likeness (QED) is 0.171. The molecule has 2 heteroatoms. The second-order valence-electron chi connectivity index (χ2n) is 20.6. The van der Waals surface area contributed by atoms with Crippen LogP contribution in [0.25, 0.3) is 82.8 Å². The predicted octanol–water partition coefficient (Wildman–Crippen LogP) is 18.1. The Labute approximate surface area is 429 Å². The molecule has 0 atom stereocenters. The van der Waals surface area contributed by atoms with Gasteiger partial charge in [-0.1, -0.05) is 224 Å². The van der Waals surface area contributed by atoms with Crippen molar-refractivity contribution in [3.05, 3.63) is 311 Å². The van der Waals surface area contributed by atoms with Gasteiger partial charge in [0.05, 0.1) is 33.2 Å². The van der Waals surface area contributed by atoms with Crippen LogP contribution in [0.1, 0.15) is 44.5 Å². The Morgan fingerprint density at radius 3 is 1.43 bits per heavy atom. The molecule has 13 aromatic rings. The number of anilines is 3. The SMILES string of the molecule is c1ccc2c(c1)-c1ccccc1C21c2ccccc2-c2c(N(c3ccc(-c4cccc5ccccc45)cc3)c3cc4c5c(c3)c3ccccc3n5-c3ccccc3C43c4ccccc4-c4ccccc43)cccc21. The van der Waals surface area contributed by atoms with E-state index >= 15 is 0 Å². The van der Waals surface area contributed by atoms with Crippen molar-refractivity contribution in [1.82, 2.24) is 4.57 Å². The number of fused-ring (bicyclic) bond motifs is 23. The molecule has 1 aliphatic heterocycles. The number of rotatable bonds is 4. The van der Waals surface area contributed by atoms with E-state index in [0.29, 0.717) is 0 Å². The normalized spacial score (nSPS) is 14.2. The van der Waals surface area contributed by atoms with Gasteiger partial charge in [0.25, 0.3) is 0 Å². The van der Waals surface area contributed by atoms with Gasteiger partial charge in [0.1, 0.15) is 0 Å². The smallest absolute Gasteiger partial charge is 0.0755 e. The van der Waals surface area contributed by atoms with Crippen LogP contribution >= 0.6 is 0 Å². The Hall–Kier alpha value is -9.50. The summed E-state index contributed by atoms with van der Waals surface area (Å²) < 4.78 is 2.56. The van der Waals surface area contributed by atoms with Crippen molar-refractivity contribution in [2.75, 3.05) is 4.90 Å². The molecule has 0 radical (unpaired) electrons. The molecule has 0 saturated heterocycles. The standard InChI is InChI=1S/C72H44N2/c1-2-21-49-45(19-1)20-17-28-50(49)46-39-41-47(42-40-46)73(68-38-18-35-64-69(68)56-27-7-13-33-62(56)71(64)58-29-9-3-22-51(58)52-23-4-10-30-59(52)71)48-43-57-55-26-8-15-36-66(55)74-67-37-16-14-34-63(67)72(65(44-48)70(57)74)60-31-11-5-24-53(60)54-25-6-12-32-61(54)72/h1-44H. The first-order valence-electron chi connectivity index (χ1n) is 25.9. The third-order valence-corrected chi connectivity index (χ3v) is 17.4. The average Bonchev–Trinajstić information content (AvgIpc) is 4.34. The molecule has 3 aliphatic carbocycles. The molecule has 12 aromatic carbocycles. The van der Waals surface area contributed by atoms with Gasteiger partial charge in [-0.05, 0) is 137 Å². The second kappa shape index (κ2) is 14.6. The molecule has 17 rings (SSSR count). The van der Waals surface area contributed by atoms with Crippen LogP contribution in [0.5, 0.6) is 0 Å². The maximum absolute atomic E-state index is 2.59. The van der Waals surface area contributed by atoms with Crippen LogP contribution in [0.3, 0.4) is 0 Å². The van der Waals surface area contributed by atoms with Crippen LogP contribution in [-0.4, -0.2) is 4.57 Å². The van der Waals surface area contributed by atoms with E-state index in [0.717, 1.165) is 17.1 Å². The first-order valence-corrected chi connectivity index (χ1v) is 25.9. The third kappa shape index (κ3) is 4.86. The molecule has 4 aliphatic rings. The number of hydrogen-bond acceptors (Lipinski definition) is 1. The molecule has 0 fully saturated rings. The Kier molecular flexibility index (Phi) is 7.90. The number of aromatic nitrogens is 1. The fourth-order valence-corrected chi connectivity index (χ4v) is 14.7. The van der Waals surface area contributed by atoms with Crippen LogP contribution in [0.4, 0.5) is 17.1 Å². The summed E-state index contributed by atoms with van der Waals surface area (Å²) in [6.45, 7) is 0. The Balaban J connectivity index is 1.00.